The van der Waals surface area contributed by atoms with Gasteiger partial charge in [0.2, 0.25) is 6.10 Å². The lowest BCUT2D eigenvalue weighted by Crippen LogP contribution is -2.19. The standard InChI is InChI=1S/C18H17NO5/c1-22-16-9-13(14-10-17(18(20)21)24-19-14)7-8-15(16)23-11-12-5-3-2-4-6-12/h2-9,17H,10-11H2,1H3,(H,20,21)/t17-/m1/s1. The fourth-order valence-electron chi connectivity index (χ4n) is 2.38. The Morgan fingerprint density at radius 2 is 2.04 bits per heavy atom. The van der Waals surface area contributed by atoms with Gasteiger partial charge in [-0.2, -0.15) is 0 Å². The van der Waals surface area contributed by atoms with Gasteiger partial charge in [-0.25, -0.2) is 4.79 Å². The van der Waals surface area contributed by atoms with Crippen LogP contribution in [-0.4, -0.2) is 30.0 Å². The lowest BCUT2D eigenvalue weighted by molar-refractivity contribution is -0.148. The molecule has 1 N–H and O–H groups in total. The number of nitrogens with zero attached hydrogens (tertiary/aromatic N) is 1. The number of methoxy groups -OCH3 is 1. The summed E-state index contributed by atoms with van der Waals surface area (Å²) in [6.07, 6.45) is -0.706. The van der Waals surface area contributed by atoms with Crippen molar-refractivity contribution in [2.45, 2.75) is 19.1 Å². The maximum Gasteiger partial charge on any atom is 0.348 e. The molecule has 6 nitrogen and oxygen atoms in total. The van der Waals surface area contributed by atoms with Crippen LogP contribution in [0.5, 0.6) is 11.5 Å². The molecule has 1 heterocycles. The fraction of sp³-hybridized carbons (Fsp3) is 0.222. The quantitative estimate of drug-likeness (QED) is 0.883. The number of hydrogen-bond donors (Lipinski definition) is 1. The summed E-state index contributed by atoms with van der Waals surface area (Å²) >= 11 is 0. The van der Waals surface area contributed by atoms with E-state index in [1.807, 2.05) is 36.4 Å². The Labute approximate surface area is 139 Å². The second-order valence-corrected chi connectivity index (χ2v) is 5.31. The maximum atomic E-state index is 10.9. The van der Waals surface area contributed by atoms with Crippen LogP contribution < -0.4 is 9.47 Å². The first-order valence-corrected chi connectivity index (χ1v) is 7.48. The Kier molecular flexibility index (Phi) is 4.65. The van der Waals surface area contributed by atoms with E-state index in [9.17, 15) is 4.79 Å². The number of carbonyl (C=O) groups is 1. The molecule has 0 radical (unpaired) electrons. The summed E-state index contributed by atoms with van der Waals surface area (Å²) in [5.74, 6) is 0.146. The third kappa shape index (κ3) is 3.48. The van der Waals surface area contributed by atoms with Gasteiger partial charge in [-0.1, -0.05) is 35.5 Å². The first-order valence-electron chi connectivity index (χ1n) is 7.48. The fourth-order valence-corrected chi connectivity index (χ4v) is 2.38. The lowest BCUT2D eigenvalue weighted by atomic mass is 10.0. The number of ether oxygens (including phenoxy) is 2. The topological polar surface area (TPSA) is 77.4 Å². The zero-order valence-corrected chi connectivity index (χ0v) is 13.1. The minimum absolute atomic E-state index is 0.225. The summed E-state index contributed by atoms with van der Waals surface area (Å²) in [7, 11) is 1.56. The molecule has 2 aromatic rings. The monoisotopic (exact) mass is 327 g/mol. The van der Waals surface area contributed by atoms with E-state index in [0.717, 1.165) is 11.1 Å². The Bertz CT molecular complexity index is 757. The van der Waals surface area contributed by atoms with E-state index in [4.69, 9.17) is 19.4 Å². The second kappa shape index (κ2) is 7.04. The molecule has 124 valence electrons. The molecule has 0 bridgehead atoms. The van der Waals surface area contributed by atoms with Gasteiger partial charge >= 0.3 is 5.97 Å². The van der Waals surface area contributed by atoms with Crippen molar-refractivity contribution in [1.29, 1.82) is 0 Å². The van der Waals surface area contributed by atoms with Gasteiger partial charge in [-0.15, -0.1) is 0 Å². The molecule has 0 spiro atoms. The van der Waals surface area contributed by atoms with Gasteiger partial charge in [0.1, 0.15) is 6.61 Å². The van der Waals surface area contributed by atoms with Crippen LogP contribution in [0.4, 0.5) is 0 Å². The van der Waals surface area contributed by atoms with Crippen LogP contribution in [0.1, 0.15) is 17.5 Å². The largest absolute Gasteiger partial charge is 0.493 e. The second-order valence-electron chi connectivity index (χ2n) is 5.31. The number of hydrogen-bond acceptors (Lipinski definition) is 5. The Morgan fingerprint density at radius 1 is 1.25 bits per heavy atom. The minimum atomic E-state index is -1.02. The highest BCUT2D eigenvalue weighted by atomic mass is 16.7. The van der Waals surface area contributed by atoms with E-state index in [1.165, 1.54) is 0 Å². The zero-order valence-electron chi connectivity index (χ0n) is 13.1. The van der Waals surface area contributed by atoms with E-state index in [0.29, 0.717) is 23.8 Å². The van der Waals surface area contributed by atoms with Gasteiger partial charge in [-0.05, 0) is 23.8 Å². The lowest BCUT2D eigenvalue weighted by Gasteiger charge is -2.12. The van der Waals surface area contributed by atoms with Crippen LogP contribution in [0, 0.1) is 0 Å². The molecule has 0 unspecified atom stereocenters. The highest BCUT2D eigenvalue weighted by Gasteiger charge is 2.28. The third-order valence-electron chi connectivity index (χ3n) is 3.68. The molecule has 0 saturated carbocycles. The molecule has 3 rings (SSSR count). The molecule has 1 aliphatic rings. The summed E-state index contributed by atoms with van der Waals surface area (Å²) in [4.78, 5) is 15.8. The molecule has 0 aliphatic carbocycles. The Morgan fingerprint density at radius 3 is 2.71 bits per heavy atom. The van der Waals surface area contributed by atoms with Crippen LogP contribution in [0.25, 0.3) is 0 Å². The summed E-state index contributed by atoms with van der Waals surface area (Å²) in [5.41, 5.74) is 2.39. The molecule has 24 heavy (non-hydrogen) atoms. The van der Waals surface area contributed by atoms with Gasteiger partial charge < -0.3 is 19.4 Å². The van der Waals surface area contributed by atoms with Gasteiger partial charge in [0, 0.05) is 12.0 Å². The zero-order chi connectivity index (χ0) is 16.9. The van der Waals surface area contributed by atoms with Gasteiger partial charge in [0.15, 0.2) is 11.5 Å². The van der Waals surface area contributed by atoms with Crippen LogP contribution in [-0.2, 0) is 16.2 Å². The van der Waals surface area contributed by atoms with Crippen molar-refractivity contribution in [1.82, 2.24) is 0 Å². The Balaban J connectivity index is 1.73. The Hall–Kier alpha value is -3.02. The number of benzene rings is 2. The molecule has 1 atom stereocenters. The van der Waals surface area contributed by atoms with Crippen molar-refractivity contribution in [3.63, 3.8) is 0 Å². The van der Waals surface area contributed by atoms with E-state index in [2.05, 4.69) is 5.16 Å². The third-order valence-corrected chi connectivity index (χ3v) is 3.68. The summed E-state index contributed by atoms with van der Waals surface area (Å²) in [5, 5.41) is 12.8. The normalized spacial score (nSPS) is 16.2. The van der Waals surface area contributed by atoms with Crippen molar-refractivity contribution in [3.8, 4) is 11.5 Å². The van der Waals surface area contributed by atoms with Crippen molar-refractivity contribution in [3.05, 3.63) is 59.7 Å². The number of carboxylic acid groups (broad SMARTS) is 1. The molecule has 0 fully saturated rings. The highest BCUT2D eigenvalue weighted by Crippen LogP contribution is 2.30. The first kappa shape index (κ1) is 15.9. The average molecular weight is 327 g/mol. The molecule has 1 aliphatic heterocycles. The smallest absolute Gasteiger partial charge is 0.348 e. The van der Waals surface area contributed by atoms with Crippen LogP contribution in [0.3, 0.4) is 0 Å². The van der Waals surface area contributed by atoms with E-state index in [-0.39, 0.29) is 6.42 Å². The minimum Gasteiger partial charge on any atom is -0.493 e. The van der Waals surface area contributed by atoms with Crippen LogP contribution in [0.2, 0.25) is 0 Å². The highest BCUT2D eigenvalue weighted by molar-refractivity contribution is 6.03. The van der Waals surface area contributed by atoms with Gasteiger partial charge in [0.05, 0.1) is 12.8 Å². The molecule has 0 amide bonds. The van der Waals surface area contributed by atoms with Crippen molar-refractivity contribution < 1.29 is 24.2 Å². The number of rotatable bonds is 6. The molecule has 2 aromatic carbocycles. The summed E-state index contributed by atoms with van der Waals surface area (Å²) in [6, 6.07) is 15.2. The maximum absolute atomic E-state index is 10.9. The number of oxime groups is 1. The van der Waals surface area contributed by atoms with Gasteiger partial charge in [-0.3, -0.25) is 0 Å². The van der Waals surface area contributed by atoms with E-state index < -0.39 is 12.1 Å². The average Bonchev–Trinajstić information content (AvgIpc) is 3.11. The molecule has 6 heteroatoms. The van der Waals surface area contributed by atoms with E-state index in [1.54, 1.807) is 19.2 Å². The molecular formula is C18H17NO5. The molecule has 0 saturated heterocycles. The van der Waals surface area contributed by atoms with Crippen molar-refractivity contribution >= 4 is 11.7 Å². The van der Waals surface area contributed by atoms with Crippen molar-refractivity contribution in [2.75, 3.05) is 7.11 Å². The molecule has 0 aromatic heterocycles. The van der Waals surface area contributed by atoms with Gasteiger partial charge in [0.25, 0.3) is 0 Å². The number of aliphatic carboxylic acids is 1. The molecular weight excluding hydrogens is 310 g/mol. The SMILES string of the molecule is COc1cc(C2=NO[C@@H](C(=O)O)C2)ccc1OCc1ccccc1. The number of carboxylic acids is 1. The van der Waals surface area contributed by atoms with Crippen molar-refractivity contribution in [2.24, 2.45) is 5.16 Å². The first-order chi connectivity index (χ1) is 11.7. The predicted molar refractivity (Wildman–Crippen MR) is 87.4 cm³/mol. The predicted octanol–water partition coefficient (Wildman–Crippen LogP) is 2.85. The van der Waals surface area contributed by atoms with Crippen LogP contribution in [0.15, 0.2) is 53.7 Å². The summed E-state index contributed by atoms with van der Waals surface area (Å²) < 4.78 is 11.2. The van der Waals surface area contributed by atoms with E-state index >= 15 is 0 Å². The summed E-state index contributed by atoms with van der Waals surface area (Å²) in [6.45, 7) is 0.432. The van der Waals surface area contributed by atoms with Crippen LogP contribution >= 0.6 is 0 Å².